The van der Waals surface area contributed by atoms with Gasteiger partial charge in [-0.25, -0.2) is 4.39 Å². The molecule has 3 heterocycles. The van der Waals surface area contributed by atoms with Gasteiger partial charge in [-0.15, -0.1) is 5.10 Å². The highest BCUT2D eigenvalue weighted by Gasteiger charge is 2.35. The summed E-state index contributed by atoms with van der Waals surface area (Å²) in [6.07, 6.45) is 0.429. The van der Waals surface area contributed by atoms with E-state index < -0.39 is 6.17 Å². The lowest BCUT2D eigenvalue weighted by atomic mass is 10.1. The molecule has 1 saturated heterocycles. The Bertz CT molecular complexity index is 686. The summed E-state index contributed by atoms with van der Waals surface area (Å²) in [6, 6.07) is 0.413. The van der Waals surface area contributed by atoms with Gasteiger partial charge in [0.2, 0.25) is 5.89 Å². The highest BCUT2D eigenvalue weighted by Crippen LogP contribution is 2.27. The molecule has 0 saturated carbocycles. The summed E-state index contributed by atoms with van der Waals surface area (Å²) in [5, 5.41) is 12.0. The van der Waals surface area contributed by atoms with E-state index in [1.54, 1.807) is 6.92 Å². The second kappa shape index (κ2) is 6.88. The topological polar surface area (TPSA) is 71.4 Å². The van der Waals surface area contributed by atoms with Crippen LogP contribution in [0.4, 0.5) is 10.4 Å². The van der Waals surface area contributed by atoms with Gasteiger partial charge < -0.3 is 13.8 Å². The quantitative estimate of drug-likeness (QED) is 0.801. The Balaban J connectivity index is 1.68. The molecule has 8 heteroatoms. The molecule has 1 aliphatic heterocycles. The highest BCUT2D eigenvalue weighted by atomic mass is 19.1. The molecule has 2 aromatic rings. The molecule has 1 fully saturated rings. The minimum atomic E-state index is -0.876. The Kier molecular flexibility index (Phi) is 4.84. The smallest absolute Gasteiger partial charge is 0.318 e. The van der Waals surface area contributed by atoms with Crippen LogP contribution in [0.25, 0.3) is 0 Å². The predicted octanol–water partition coefficient (Wildman–Crippen LogP) is 2.29. The molecule has 0 amide bonds. The SMILES string of the molecule is CCc1noc(C)c1CN(C)C[C@@H]1C[C@H](F)CN1c1nnc(C)o1. The van der Waals surface area contributed by atoms with Gasteiger partial charge in [-0.05, 0) is 20.4 Å². The van der Waals surface area contributed by atoms with Gasteiger partial charge in [0.15, 0.2) is 0 Å². The van der Waals surface area contributed by atoms with Crippen LogP contribution < -0.4 is 4.90 Å². The number of hydrogen-bond acceptors (Lipinski definition) is 7. The number of rotatable bonds is 6. The van der Waals surface area contributed by atoms with Crippen molar-refractivity contribution in [3.05, 3.63) is 22.9 Å². The van der Waals surface area contributed by atoms with E-state index in [1.807, 2.05) is 18.9 Å². The minimum absolute atomic E-state index is 0.00935. The molecule has 0 aromatic carbocycles. The molecule has 0 N–H and O–H groups in total. The van der Waals surface area contributed by atoms with Gasteiger partial charge in [0.1, 0.15) is 11.9 Å². The van der Waals surface area contributed by atoms with Crippen molar-refractivity contribution in [3.8, 4) is 0 Å². The molecular formula is C16H24FN5O2. The molecule has 3 rings (SSSR count). The van der Waals surface area contributed by atoms with Gasteiger partial charge in [0, 0.05) is 38.0 Å². The van der Waals surface area contributed by atoms with Gasteiger partial charge in [-0.2, -0.15) is 0 Å². The summed E-state index contributed by atoms with van der Waals surface area (Å²) >= 11 is 0. The molecule has 2 atom stereocenters. The number of anilines is 1. The first kappa shape index (κ1) is 16.9. The fourth-order valence-electron chi connectivity index (χ4n) is 3.28. The first-order valence-electron chi connectivity index (χ1n) is 8.31. The summed E-state index contributed by atoms with van der Waals surface area (Å²) in [5.74, 6) is 1.34. The number of likely N-dealkylation sites (N-methyl/N-ethyl adjacent to an activating group) is 1. The average molecular weight is 337 g/mol. The lowest BCUT2D eigenvalue weighted by Crippen LogP contribution is -2.39. The van der Waals surface area contributed by atoms with E-state index in [0.717, 1.165) is 30.0 Å². The lowest BCUT2D eigenvalue weighted by molar-refractivity contribution is 0.285. The van der Waals surface area contributed by atoms with Gasteiger partial charge in [-0.3, -0.25) is 4.90 Å². The van der Waals surface area contributed by atoms with E-state index in [0.29, 0.717) is 31.4 Å². The Hall–Kier alpha value is -1.96. The number of halogens is 1. The second-order valence-corrected chi connectivity index (χ2v) is 6.46. The maximum absolute atomic E-state index is 14.0. The van der Waals surface area contributed by atoms with E-state index in [1.165, 1.54) is 0 Å². The van der Waals surface area contributed by atoms with Gasteiger partial charge in [0.25, 0.3) is 0 Å². The molecule has 0 unspecified atom stereocenters. The van der Waals surface area contributed by atoms with E-state index in [9.17, 15) is 4.39 Å². The zero-order chi connectivity index (χ0) is 17.3. The normalized spacial score (nSPS) is 21.2. The summed E-state index contributed by atoms with van der Waals surface area (Å²) in [4.78, 5) is 4.04. The zero-order valence-corrected chi connectivity index (χ0v) is 14.6. The largest absolute Gasteiger partial charge is 0.408 e. The van der Waals surface area contributed by atoms with E-state index in [4.69, 9.17) is 8.94 Å². The van der Waals surface area contributed by atoms with Crippen LogP contribution in [0.5, 0.6) is 0 Å². The molecule has 132 valence electrons. The first-order valence-corrected chi connectivity index (χ1v) is 8.31. The van der Waals surface area contributed by atoms with E-state index >= 15 is 0 Å². The van der Waals surface area contributed by atoms with Crippen molar-refractivity contribution >= 4 is 6.01 Å². The summed E-state index contributed by atoms with van der Waals surface area (Å²) in [7, 11) is 2.02. The third-order valence-corrected chi connectivity index (χ3v) is 4.48. The van der Waals surface area contributed by atoms with Crippen molar-refractivity contribution in [2.24, 2.45) is 0 Å². The molecule has 0 radical (unpaired) electrons. The monoisotopic (exact) mass is 337 g/mol. The molecule has 2 aromatic heterocycles. The van der Waals surface area contributed by atoms with Gasteiger partial charge in [-0.1, -0.05) is 17.2 Å². The van der Waals surface area contributed by atoms with Crippen LogP contribution in [0.3, 0.4) is 0 Å². The van der Waals surface area contributed by atoms with Crippen LogP contribution in [-0.2, 0) is 13.0 Å². The van der Waals surface area contributed by atoms with Crippen molar-refractivity contribution in [1.82, 2.24) is 20.3 Å². The summed E-state index contributed by atoms with van der Waals surface area (Å²) in [6.45, 7) is 7.45. The molecule has 7 nitrogen and oxygen atoms in total. The van der Waals surface area contributed by atoms with Crippen molar-refractivity contribution in [3.63, 3.8) is 0 Å². The Morgan fingerprint density at radius 3 is 2.79 bits per heavy atom. The van der Waals surface area contributed by atoms with Crippen LogP contribution >= 0.6 is 0 Å². The molecule has 0 spiro atoms. The molecule has 1 aliphatic rings. The third kappa shape index (κ3) is 3.43. The third-order valence-electron chi connectivity index (χ3n) is 4.48. The fraction of sp³-hybridized carbons (Fsp3) is 0.688. The number of nitrogens with zero attached hydrogens (tertiary/aromatic N) is 5. The molecule has 24 heavy (non-hydrogen) atoms. The molecule has 0 aliphatic carbocycles. The average Bonchev–Trinajstić information content (AvgIpc) is 3.20. The predicted molar refractivity (Wildman–Crippen MR) is 86.6 cm³/mol. The fourth-order valence-corrected chi connectivity index (χ4v) is 3.28. The van der Waals surface area contributed by atoms with Crippen LogP contribution in [0.15, 0.2) is 8.94 Å². The highest BCUT2D eigenvalue weighted by molar-refractivity contribution is 5.30. The van der Waals surface area contributed by atoms with Crippen LogP contribution in [-0.4, -0.2) is 52.6 Å². The van der Waals surface area contributed by atoms with Crippen molar-refractivity contribution in [2.45, 2.75) is 52.4 Å². The Morgan fingerprint density at radius 1 is 1.33 bits per heavy atom. The molecule has 0 bridgehead atoms. The molecular weight excluding hydrogens is 313 g/mol. The lowest BCUT2D eigenvalue weighted by Gasteiger charge is -2.27. The van der Waals surface area contributed by atoms with Crippen molar-refractivity contribution in [1.29, 1.82) is 0 Å². The number of aromatic nitrogens is 3. The number of hydrogen-bond donors (Lipinski definition) is 0. The van der Waals surface area contributed by atoms with Crippen molar-refractivity contribution in [2.75, 3.05) is 25.0 Å². The van der Waals surface area contributed by atoms with Gasteiger partial charge >= 0.3 is 6.01 Å². The summed E-state index contributed by atoms with van der Waals surface area (Å²) in [5.41, 5.74) is 2.11. The van der Waals surface area contributed by atoms with Crippen LogP contribution in [0.1, 0.15) is 36.3 Å². The van der Waals surface area contributed by atoms with Gasteiger partial charge in [0.05, 0.1) is 12.2 Å². The van der Waals surface area contributed by atoms with Crippen molar-refractivity contribution < 1.29 is 13.3 Å². The maximum atomic E-state index is 14.0. The van der Waals surface area contributed by atoms with Crippen LogP contribution in [0.2, 0.25) is 0 Å². The summed E-state index contributed by atoms with van der Waals surface area (Å²) < 4.78 is 24.7. The Labute approximate surface area is 140 Å². The maximum Gasteiger partial charge on any atom is 0.318 e. The van der Waals surface area contributed by atoms with E-state index in [-0.39, 0.29) is 6.04 Å². The standard InChI is InChI=1S/C16H24FN5O2/c1-5-15-14(10(2)24-20-15)9-21(4)8-13-6-12(17)7-22(13)16-19-18-11(3)23-16/h12-13H,5-9H2,1-4H3/t12-,13-/m0/s1. The second-order valence-electron chi connectivity index (χ2n) is 6.46. The number of alkyl halides is 1. The first-order chi connectivity index (χ1) is 11.5. The minimum Gasteiger partial charge on any atom is -0.408 e. The van der Waals surface area contributed by atoms with Crippen LogP contribution in [0, 0.1) is 13.8 Å². The number of aryl methyl sites for hydroxylation is 3. The Morgan fingerprint density at radius 2 is 2.12 bits per heavy atom. The van der Waals surface area contributed by atoms with E-state index in [2.05, 4.69) is 27.2 Å². The zero-order valence-electron chi connectivity index (χ0n) is 14.6.